The molecule has 0 spiro atoms. The Morgan fingerprint density at radius 1 is 1.23 bits per heavy atom. The summed E-state index contributed by atoms with van der Waals surface area (Å²) in [5.74, 6) is 0.532. The van der Waals surface area contributed by atoms with E-state index in [-0.39, 0.29) is 6.61 Å². The summed E-state index contributed by atoms with van der Waals surface area (Å²) in [6, 6.07) is 7.05. The van der Waals surface area contributed by atoms with Gasteiger partial charge in [-0.15, -0.1) is 25.3 Å². The van der Waals surface area contributed by atoms with Crippen LogP contribution in [0.1, 0.15) is 0 Å². The lowest BCUT2D eigenvalue weighted by atomic mass is 10.1. The van der Waals surface area contributed by atoms with Gasteiger partial charge in [-0.2, -0.15) is 0 Å². The van der Waals surface area contributed by atoms with Crippen molar-refractivity contribution in [3.8, 4) is 17.0 Å². The monoisotopic (exact) mass is 335 g/mol. The molecular weight excluding hydrogens is 321 g/mol. The molecule has 3 rings (SSSR count). The molecule has 0 aliphatic heterocycles. The maximum Gasteiger partial charge on any atom is 0.139 e. The SMILES string of the molecule is Nc1ccn2cc(-c3c(S)cc(OCCF)cc3S)nc2c1. The lowest BCUT2D eigenvalue weighted by Gasteiger charge is -2.10. The molecule has 114 valence electrons. The average Bonchev–Trinajstić information content (AvgIpc) is 2.86. The van der Waals surface area contributed by atoms with E-state index in [4.69, 9.17) is 10.5 Å². The van der Waals surface area contributed by atoms with Crippen LogP contribution in [0, 0.1) is 0 Å². The Morgan fingerprint density at radius 2 is 1.95 bits per heavy atom. The average molecular weight is 335 g/mol. The molecule has 2 heterocycles. The van der Waals surface area contributed by atoms with E-state index in [0.717, 1.165) is 16.9 Å². The third-order valence-electron chi connectivity index (χ3n) is 3.16. The van der Waals surface area contributed by atoms with Crippen molar-refractivity contribution in [3.05, 3.63) is 36.7 Å². The molecular formula is C15H14FN3OS2. The van der Waals surface area contributed by atoms with E-state index in [1.807, 2.05) is 16.8 Å². The molecule has 4 nitrogen and oxygen atoms in total. The predicted octanol–water partition coefficient (Wildman–Crippen LogP) is 3.51. The number of halogens is 1. The summed E-state index contributed by atoms with van der Waals surface area (Å²) in [6.45, 7) is -0.535. The Kier molecular flexibility index (Phi) is 4.17. The van der Waals surface area contributed by atoms with E-state index in [0.29, 0.717) is 21.2 Å². The predicted molar refractivity (Wildman–Crippen MR) is 91.0 cm³/mol. The highest BCUT2D eigenvalue weighted by Gasteiger charge is 2.13. The maximum absolute atomic E-state index is 12.2. The molecule has 0 fully saturated rings. The van der Waals surface area contributed by atoms with Gasteiger partial charge in [0.1, 0.15) is 24.7 Å². The third kappa shape index (κ3) is 2.86. The van der Waals surface area contributed by atoms with Crippen molar-refractivity contribution in [2.75, 3.05) is 19.0 Å². The number of rotatable bonds is 4. The zero-order valence-corrected chi connectivity index (χ0v) is 13.3. The van der Waals surface area contributed by atoms with Gasteiger partial charge in [-0.05, 0) is 18.2 Å². The number of ether oxygens (including phenoxy) is 1. The third-order valence-corrected chi connectivity index (χ3v) is 3.86. The molecule has 0 amide bonds. The summed E-state index contributed by atoms with van der Waals surface area (Å²) in [7, 11) is 0. The number of hydrogen-bond acceptors (Lipinski definition) is 5. The number of pyridine rings is 1. The summed E-state index contributed by atoms with van der Waals surface area (Å²) in [5.41, 5.74) is 8.69. The summed E-state index contributed by atoms with van der Waals surface area (Å²) in [6.07, 6.45) is 3.72. The largest absolute Gasteiger partial charge is 0.491 e. The standard InChI is InChI=1S/C15H14FN3OS2/c16-2-4-20-10-6-12(21)15(13(22)7-10)11-8-19-3-1-9(17)5-14(19)18-11/h1,3,5-8,21-22H,2,4,17H2. The van der Waals surface area contributed by atoms with E-state index >= 15 is 0 Å². The highest BCUT2D eigenvalue weighted by Crippen LogP contribution is 2.35. The summed E-state index contributed by atoms with van der Waals surface area (Å²) >= 11 is 8.95. The van der Waals surface area contributed by atoms with Gasteiger partial charge in [-0.1, -0.05) is 0 Å². The van der Waals surface area contributed by atoms with Crippen LogP contribution < -0.4 is 10.5 Å². The van der Waals surface area contributed by atoms with Gasteiger partial charge in [0.05, 0.1) is 5.69 Å². The Balaban J connectivity index is 2.05. The first-order valence-electron chi connectivity index (χ1n) is 6.58. The number of nitrogens with two attached hydrogens (primary N) is 1. The summed E-state index contributed by atoms with van der Waals surface area (Å²) < 4.78 is 19.3. The number of nitrogen functional groups attached to an aromatic ring is 1. The first kappa shape index (κ1) is 15.1. The molecule has 0 radical (unpaired) electrons. The molecule has 0 aliphatic carbocycles. The number of alkyl halides is 1. The Morgan fingerprint density at radius 3 is 2.64 bits per heavy atom. The number of anilines is 1. The van der Waals surface area contributed by atoms with Crippen LogP contribution in [0.5, 0.6) is 5.75 Å². The molecule has 7 heteroatoms. The van der Waals surface area contributed by atoms with Crippen LogP contribution in [0.25, 0.3) is 16.9 Å². The van der Waals surface area contributed by atoms with Crippen LogP contribution in [0.15, 0.2) is 46.5 Å². The van der Waals surface area contributed by atoms with Gasteiger partial charge < -0.3 is 14.9 Å². The Labute approximate surface area is 137 Å². The molecule has 0 atom stereocenters. The van der Waals surface area contributed by atoms with Gasteiger partial charge in [-0.25, -0.2) is 9.37 Å². The van der Waals surface area contributed by atoms with E-state index in [9.17, 15) is 4.39 Å². The van der Waals surface area contributed by atoms with Crippen LogP contribution in [0.4, 0.5) is 10.1 Å². The van der Waals surface area contributed by atoms with Crippen molar-refractivity contribution in [2.24, 2.45) is 0 Å². The fourth-order valence-corrected chi connectivity index (χ4v) is 3.02. The minimum Gasteiger partial charge on any atom is -0.491 e. The zero-order valence-electron chi connectivity index (χ0n) is 11.5. The lowest BCUT2D eigenvalue weighted by Crippen LogP contribution is -1.99. The van der Waals surface area contributed by atoms with Crippen molar-refractivity contribution in [2.45, 2.75) is 9.79 Å². The molecule has 1 aromatic carbocycles. The highest BCUT2D eigenvalue weighted by atomic mass is 32.1. The van der Waals surface area contributed by atoms with Crippen LogP contribution in [-0.2, 0) is 0 Å². The minimum atomic E-state index is -0.542. The second-order valence-electron chi connectivity index (χ2n) is 4.73. The fourth-order valence-electron chi connectivity index (χ4n) is 2.21. The zero-order chi connectivity index (χ0) is 15.7. The number of aromatic nitrogens is 2. The van der Waals surface area contributed by atoms with Crippen molar-refractivity contribution in [1.29, 1.82) is 0 Å². The highest BCUT2D eigenvalue weighted by molar-refractivity contribution is 7.81. The summed E-state index contributed by atoms with van der Waals surface area (Å²) in [4.78, 5) is 5.87. The molecule has 2 aromatic heterocycles. The van der Waals surface area contributed by atoms with Crippen molar-refractivity contribution in [1.82, 2.24) is 9.38 Å². The number of hydrogen-bond donors (Lipinski definition) is 3. The van der Waals surface area contributed by atoms with Crippen LogP contribution in [-0.4, -0.2) is 22.7 Å². The number of benzene rings is 1. The summed E-state index contributed by atoms with van der Waals surface area (Å²) in [5, 5.41) is 0. The van der Waals surface area contributed by atoms with Gasteiger partial charge in [0.15, 0.2) is 0 Å². The number of thiol groups is 2. The number of imidazole rings is 1. The molecule has 0 unspecified atom stereocenters. The van der Waals surface area contributed by atoms with E-state index in [1.54, 1.807) is 24.3 Å². The van der Waals surface area contributed by atoms with Gasteiger partial charge in [0, 0.05) is 39.5 Å². The van der Waals surface area contributed by atoms with Gasteiger partial charge in [0.25, 0.3) is 0 Å². The van der Waals surface area contributed by atoms with Crippen molar-refractivity contribution in [3.63, 3.8) is 0 Å². The van der Waals surface area contributed by atoms with Crippen molar-refractivity contribution < 1.29 is 9.13 Å². The van der Waals surface area contributed by atoms with Crippen LogP contribution in [0.3, 0.4) is 0 Å². The van der Waals surface area contributed by atoms with E-state index in [2.05, 4.69) is 30.2 Å². The first-order chi connectivity index (χ1) is 10.6. The van der Waals surface area contributed by atoms with Crippen molar-refractivity contribution >= 4 is 36.6 Å². The van der Waals surface area contributed by atoms with E-state index < -0.39 is 6.67 Å². The second kappa shape index (κ2) is 6.10. The molecule has 3 aromatic rings. The fraction of sp³-hybridized carbons (Fsp3) is 0.133. The van der Waals surface area contributed by atoms with Crippen LogP contribution in [0.2, 0.25) is 0 Å². The molecule has 0 aliphatic rings. The maximum atomic E-state index is 12.2. The van der Waals surface area contributed by atoms with E-state index in [1.165, 1.54) is 0 Å². The molecule has 22 heavy (non-hydrogen) atoms. The Hall–Kier alpha value is -1.86. The van der Waals surface area contributed by atoms with Gasteiger partial charge >= 0.3 is 0 Å². The second-order valence-corrected chi connectivity index (χ2v) is 5.69. The first-order valence-corrected chi connectivity index (χ1v) is 7.47. The normalized spacial score (nSPS) is 11.0. The topological polar surface area (TPSA) is 52.5 Å². The number of nitrogens with zero attached hydrogens (tertiary/aromatic N) is 2. The van der Waals surface area contributed by atoms with Gasteiger partial charge in [0.2, 0.25) is 0 Å². The quantitative estimate of drug-likeness (QED) is 0.640. The Bertz CT molecular complexity index is 812. The lowest BCUT2D eigenvalue weighted by molar-refractivity contribution is 0.272. The smallest absolute Gasteiger partial charge is 0.139 e. The molecule has 0 saturated carbocycles. The minimum absolute atomic E-state index is 0.00736. The van der Waals surface area contributed by atoms with Crippen LogP contribution >= 0.6 is 25.3 Å². The molecule has 0 bridgehead atoms. The molecule has 0 saturated heterocycles. The number of fused-ring (bicyclic) bond motifs is 1. The van der Waals surface area contributed by atoms with Gasteiger partial charge in [-0.3, -0.25) is 0 Å². The molecule has 2 N–H and O–H groups in total.